The summed E-state index contributed by atoms with van der Waals surface area (Å²) in [5.74, 6) is 1.86. The Morgan fingerprint density at radius 1 is 0.852 bits per heavy atom. The lowest BCUT2D eigenvalue weighted by molar-refractivity contribution is 0.339. The highest BCUT2D eigenvalue weighted by Crippen LogP contribution is 2.25. The van der Waals surface area contributed by atoms with Crippen LogP contribution in [0, 0.1) is 5.82 Å². The van der Waals surface area contributed by atoms with E-state index in [1.165, 1.54) is 6.07 Å². The highest BCUT2D eigenvalue weighted by molar-refractivity contribution is 7.80. The second kappa shape index (κ2) is 9.00. The fourth-order valence-corrected chi connectivity index (χ4v) is 2.59. The number of benzene rings is 3. The van der Waals surface area contributed by atoms with Gasteiger partial charge in [0, 0.05) is 5.69 Å². The molecule has 0 spiro atoms. The van der Waals surface area contributed by atoms with E-state index in [9.17, 15) is 4.39 Å². The molecule has 138 valence electrons. The van der Waals surface area contributed by atoms with Gasteiger partial charge in [-0.15, -0.1) is 0 Å². The number of anilines is 2. The average Bonchev–Trinajstić information content (AvgIpc) is 2.67. The molecule has 0 aliphatic heterocycles. The molecule has 0 unspecified atom stereocenters. The van der Waals surface area contributed by atoms with Crippen LogP contribution in [0.2, 0.25) is 0 Å². The second-order valence-corrected chi connectivity index (χ2v) is 6.00. The first-order valence-electron chi connectivity index (χ1n) is 8.47. The van der Waals surface area contributed by atoms with Gasteiger partial charge in [0.15, 0.2) is 5.11 Å². The zero-order valence-corrected chi connectivity index (χ0v) is 15.6. The maximum absolute atomic E-state index is 13.6. The van der Waals surface area contributed by atoms with Crippen LogP contribution in [0.3, 0.4) is 0 Å². The summed E-state index contributed by atoms with van der Waals surface area (Å²) in [6.45, 7) is 2.57. The van der Waals surface area contributed by atoms with Gasteiger partial charge in [0.25, 0.3) is 0 Å². The lowest BCUT2D eigenvalue weighted by Crippen LogP contribution is -2.19. The van der Waals surface area contributed by atoms with Crippen LogP contribution in [0.5, 0.6) is 17.2 Å². The molecule has 2 N–H and O–H groups in total. The van der Waals surface area contributed by atoms with E-state index >= 15 is 0 Å². The fraction of sp³-hybridized carbons (Fsp3) is 0.0952. The molecule has 0 aliphatic carbocycles. The average molecular weight is 382 g/mol. The molecule has 3 aromatic carbocycles. The van der Waals surface area contributed by atoms with Crippen molar-refractivity contribution < 1.29 is 13.9 Å². The molecular formula is C21H19FN2O2S. The van der Waals surface area contributed by atoms with Gasteiger partial charge in [0.1, 0.15) is 23.1 Å². The molecule has 0 aliphatic rings. The SMILES string of the molecule is CCOc1ccc(Oc2ccc(NC(=S)Nc3ccccc3F)cc2)cc1. The van der Waals surface area contributed by atoms with E-state index in [1.807, 2.05) is 55.5 Å². The minimum absolute atomic E-state index is 0.306. The lowest BCUT2D eigenvalue weighted by Gasteiger charge is -2.12. The Hall–Kier alpha value is -3.12. The molecule has 0 atom stereocenters. The summed E-state index contributed by atoms with van der Waals surface area (Å²) < 4.78 is 24.9. The first-order chi connectivity index (χ1) is 13.1. The normalized spacial score (nSPS) is 10.1. The summed E-state index contributed by atoms with van der Waals surface area (Å²) in [7, 11) is 0. The van der Waals surface area contributed by atoms with Crippen LogP contribution in [0.15, 0.2) is 72.8 Å². The topological polar surface area (TPSA) is 42.5 Å². The fourth-order valence-electron chi connectivity index (χ4n) is 2.36. The molecule has 0 heterocycles. The van der Waals surface area contributed by atoms with Crippen LogP contribution in [-0.2, 0) is 0 Å². The number of hydrogen-bond acceptors (Lipinski definition) is 3. The summed E-state index contributed by atoms with van der Waals surface area (Å²) >= 11 is 5.22. The van der Waals surface area contributed by atoms with Crippen LogP contribution < -0.4 is 20.1 Å². The van der Waals surface area contributed by atoms with Crippen molar-refractivity contribution >= 4 is 28.7 Å². The lowest BCUT2D eigenvalue weighted by atomic mass is 10.3. The van der Waals surface area contributed by atoms with E-state index in [4.69, 9.17) is 21.7 Å². The predicted octanol–water partition coefficient (Wildman–Crippen LogP) is 5.83. The summed E-state index contributed by atoms with van der Waals surface area (Å²) in [5, 5.41) is 6.15. The maximum Gasteiger partial charge on any atom is 0.175 e. The molecule has 0 amide bonds. The smallest absolute Gasteiger partial charge is 0.175 e. The monoisotopic (exact) mass is 382 g/mol. The molecule has 3 aromatic rings. The summed E-state index contributed by atoms with van der Waals surface area (Å²) in [4.78, 5) is 0. The number of hydrogen-bond donors (Lipinski definition) is 2. The van der Waals surface area contributed by atoms with E-state index in [2.05, 4.69) is 10.6 Å². The Labute approximate surface area is 162 Å². The third-order valence-electron chi connectivity index (χ3n) is 3.60. The van der Waals surface area contributed by atoms with Crippen molar-refractivity contribution in [3.63, 3.8) is 0 Å². The molecule has 3 rings (SSSR count). The Kier molecular flexibility index (Phi) is 6.22. The van der Waals surface area contributed by atoms with Crippen molar-refractivity contribution in [2.75, 3.05) is 17.2 Å². The van der Waals surface area contributed by atoms with Crippen molar-refractivity contribution in [1.29, 1.82) is 0 Å². The number of nitrogens with one attached hydrogen (secondary N) is 2. The number of para-hydroxylation sites is 1. The van der Waals surface area contributed by atoms with Crippen molar-refractivity contribution in [3.8, 4) is 17.2 Å². The molecule has 0 fully saturated rings. The van der Waals surface area contributed by atoms with E-state index < -0.39 is 0 Å². The van der Waals surface area contributed by atoms with Crippen molar-refractivity contribution in [3.05, 3.63) is 78.6 Å². The van der Waals surface area contributed by atoms with Gasteiger partial charge in [-0.25, -0.2) is 4.39 Å². The number of halogens is 1. The number of ether oxygens (including phenoxy) is 2. The van der Waals surface area contributed by atoms with Gasteiger partial charge in [-0.1, -0.05) is 12.1 Å². The molecular weight excluding hydrogens is 363 g/mol. The number of rotatable bonds is 6. The maximum atomic E-state index is 13.6. The summed E-state index contributed by atoms with van der Waals surface area (Å²) in [6.07, 6.45) is 0. The van der Waals surface area contributed by atoms with Gasteiger partial charge in [-0.3, -0.25) is 0 Å². The standard InChI is InChI=1S/C21H19FN2O2S/c1-2-25-16-11-13-18(14-12-16)26-17-9-7-15(8-10-17)23-21(27)24-20-6-4-3-5-19(20)22/h3-14H,2H2,1H3,(H2,23,24,27). The first-order valence-corrected chi connectivity index (χ1v) is 8.88. The Morgan fingerprint density at radius 3 is 2.07 bits per heavy atom. The van der Waals surface area contributed by atoms with Crippen LogP contribution in [-0.4, -0.2) is 11.7 Å². The van der Waals surface area contributed by atoms with Gasteiger partial charge < -0.3 is 20.1 Å². The van der Waals surface area contributed by atoms with Crippen molar-refractivity contribution in [2.45, 2.75) is 6.92 Å². The summed E-state index contributed by atoms with van der Waals surface area (Å²) in [5.41, 5.74) is 1.09. The Bertz CT molecular complexity index is 899. The third-order valence-corrected chi connectivity index (χ3v) is 3.81. The molecule has 0 saturated carbocycles. The quantitative estimate of drug-likeness (QED) is 0.526. The molecule has 27 heavy (non-hydrogen) atoms. The molecule has 0 bridgehead atoms. The van der Waals surface area contributed by atoms with Crippen LogP contribution in [0.1, 0.15) is 6.92 Å². The van der Waals surface area contributed by atoms with Crippen molar-refractivity contribution in [1.82, 2.24) is 0 Å². The largest absolute Gasteiger partial charge is 0.494 e. The van der Waals surface area contributed by atoms with Gasteiger partial charge in [-0.05, 0) is 79.8 Å². The van der Waals surface area contributed by atoms with Crippen LogP contribution in [0.4, 0.5) is 15.8 Å². The predicted molar refractivity (Wildman–Crippen MR) is 110 cm³/mol. The molecule has 0 saturated heterocycles. The Balaban J connectivity index is 1.56. The third kappa shape index (κ3) is 5.43. The zero-order valence-electron chi connectivity index (χ0n) is 14.7. The van der Waals surface area contributed by atoms with Crippen LogP contribution >= 0.6 is 12.2 Å². The van der Waals surface area contributed by atoms with E-state index in [1.54, 1.807) is 18.2 Å². The molecule has 6 heteroatoms. The summed E-state index contributed by atoms with van der Waals surface area (Å²) in [6, 6.07) is 21.1. The van der Waals surface area contributed by atoms with E-state index in [0.29, 0.717) is 23.2 Å². The van der Waals surface area contributed by atoms with Gasteiger partial charge in [-0.2, -0.15) is 0 Å². The van der Waals surface area contributed by atoms with Crippen molar-refractivity contribution in [2.24, 2.45) is 0 Å². The second-order valence-electron chi connectivity index (χ2n) is 5.59. The molecule has 0 aromatic heterocycles. The molecule has 4 nitrogen and oxygen atoms in total. The van der Waals surface area contributed by atoms with Gasteiger partial charge in [0.2, 0.25) is 0 Å². The minimum Gasteiger partial charge on any atom is -0.494 e. The first kappa shape index (κ1) is 18.7. The van der Waals surface area contributed by atoms with Gasteiger partial charge >= 0.3 is 0 Å². The van der Waals surface area contributed by atoms with E-state index in [-0.39, 0.29) is 5.82 Å². The zero-order chi connectivity index (χ0) is 19.1. The number of thiocarbonyl (C=S) groups is 1. The van der Waals surface area contributed by atoms with Crippen LogP contribution in [0.25, 0.3) is 0 Å². The van der Waals surface area contributed by atoms with E-state index in [0.717, 1.165) is 17.2 Å². The molecule has 0 radical (unpaired) electrons. The Morgan fingerprint density at radius 2 is 1.44 bits per heavy atom. The highest BCUT2D eigenvalue weighted by atomic mass is 32.1. The highest BCUT2D eigenvalue weighted by Gasteiger charge is 2.04. The minimum atomic E-state index is -0.360. The van der Waals surface area contributed by atoms with Gasteiger partial charge in [0.05, 0.1) is 12.3 Å².